The van der Waals surface area contributed by atoms with Crippen molar-refractivity contribution in [1.82, 2.24) is 20.3 Å². The zero-order chi connectivity index (χ0) is 10.8. The number of nitrogens with one attached hydrogen (secondary N) is 1. The standard InChI is InChI=1S/C10H17BrN4/c1-12-8(6-7-4-3-5-7)9-10(11)13-14-15(9)2/h7-8,12H,3-6H2,1-2H3. The molecule has 84 valence electrons. The maximum atomic E-state index is 4.03. The molecule has 0 radical (unpaired) electrons. The first kappa shape index (κ1) is 11.1. The van der Waals surface area contributed by atoms with E-state index >= 15 is 0 Å². The molecule has 1 heterocycles. The van der Waals surface area contributed by atoms with Crippen molar-refractivity contribution in [3.63, 3.8) is 0 Å². The van der Waals surface area contributed by atoms with E-state index in [1.54, 1.807) is 0 Å². The van der Waals surface area contributed by atoms with Crippen molar-refractivity contribution in [2.24, 2.45) is 13.0 Å². The molecule has 0 aliphatic heterocycles. The summed E-state index contributed by atoms with van der Waals surface area (Å²) in [5.41, 5.74) is 1.16. The average Bonchev–Trinajstić information content (AvgIpc) is 2.47. The Balaban J connectivity index is 2.10. The minimum absolute atomic E-state index is 0.365. The maximum absolute atomic E-state index is 4.03. The van der Waals surface area contributed by atoms with E-state index in [0.29, 0.717) is 6.04 Å². The van der Waals surface area contributed by atoms with Crippen LogP contribution in [0.1, 0.15) is 37.4 Å². The lowest BCUT2D eigenvalue weighted by Crippen LogP contribution is -2.25. The Kier molecular flexibility index (Phi) is 3.41. The van der Waals surface area contributed by atoms with Gasteiger partial charge in [0.2, 0.25) is 0 Å². The van der Waals surface area contributed by atoms with Crippen molar-refractivity contribution < 1.29 is 0 Å². The molecule has 5 heteroatoms. The summed E-state index contributed by atoms with van der Waals surface area (Å²) in [5, 5.41) is 11.4. The smallest absolute Gasteiger partial charge is 0.153 e. The highest BCUT2D eigenvalue weighted by Gasteiger charge is 2.25. The highest BCUT2D eigenvalue weighted by molar-refractivity contribution is 9.10. The van der Waals surface area contributed by atoms with E-state index < -0.39 is 0 Å². The topological polar surface area (TPSA) is 42.7 Å². The predicted octanol–water partition coefficient (Wildman–Crippen LogP) is 2.03. The molecule has 1 atom stereocenters. The van der Waals surface area contributed by atoms with E-state index in [0.717, 1.165) is 16.2 Å². The molecule has 0 spiro atoms. The molecular formula is C10H17BrN4. The van der Waals surface area contributed by atoms with Gasteiger partial charge in [0.05, 0.1) is 11.7 Å². The quantitative estimate of drug-likeness (QED) is 0.912. The van der Waals surface area contributed by atoms with Crippen LogP contribution in [0.2, 0.25) is 0 Å². The van der Waals surface area contributed by atoms with E-state index in [4.69, 9.17) is 0 Å². The largest absolute Gasteiger partial charge is 0.312 e. The first-order valence-corrected chi connectivity index (χ1v) is 6.24. The number of hydrogen-bond acceptors (Lipinski definition) is 3. The molecule has 0 aromatic carbocycles. The van der Waals surface area contributed by atoms with Crippen LogP contribution in [0.15, 0.2) is 4.60 Å². The second kappa shape index (κ2) is 4.61. The minimum atomic E-state index is 0.365. The normalized spacial score (nSPS) is 18.9. The van der Waals surface area contributed by atoms with Gasteiger partial charge in [-0.15, -0.1) is 5.10 Å². The maximum Gasteiger partial charge on any atom is 0.153 e. The second-order valence-electron chi connectivity index (χ2n) is 4.26. The van der Waals surface area contributed by atoms with Crippen LogP contribution in [0.5, 0.6) is 0 Å². The summed E-state index contributed by atoms with van der Waals surface area (Å²) >= 11 is 3.45. The third-order valence-electron chi connectivity index (χ3n) is 3.30. The fourth-order valence-corrected chi connectivity index (χ4v) is 2.74. The van der Waals surface area contributed by atoms with Gasteiger partial charge in [-0.05, 0) is 35.3 Å². The Morgan fingerprint density at radius 3 is 2.73 bits per heavy atom. The number of nitrogens with zero attached hydrogens (tertiary/aromatic N) is 3. The van der Waals surface area contributed by atoms with Crippen molar-refractivity contribution in [2.45, 2.75) is 31.7 Å². The van der Waals surface area contributed by atoms with Crippen LogP contribution >= 0.6 is 15.9 Å². The minimum Gasteiger partial charge on any atom is -0.312 e. The summed E-state index contributed by atoms with van der Waals surface area (Å²) in [6.45, 7) is 0. The van der Waals surface area contributed by atoms with E-state index in [1.165, 1.54) is 25.7 Å². The van der Waals surface area contributed by atoms with E-state index in [-0.39, 0.29) is 0 Å². The highest BCUT2D eigenvalue weighted by Crippen LogP contribution is 2.35. The summed E-state index contributed by atoms with van der Waals surface area (Å²) in [4.78, 5) is 0. The summed E-state index contributed by atoms with van der Waals surface area (Å²) in [6.07, 6.45) is 5.34. The monoisotopic (exact) mass is 272 g/mol. The summed E-state index contributed by atoms with van der Waals surface area (Å²) in [6, 6.07) is 0.365. The van der Waals surface area contributed by atoms with E-state index in [9.17, 15) is 0 Å². The fourth-order valence-electron chi connectivity index (χ4n) is 2.14. The van der Waals surface area contributed by atoms with Crippen molar-refractivity contribution >= 4 is 15.9 Å². The number of hydrogen-bond donors (Lipinski definition) is 1. The summed E-state index contributed by atoms with van der Waals surface area (Å²) < 4.78 is 2.72. The SMILES string of the molecule is CNC(CC1CCC1)c1c(Br)nnn1C. The van der Waals surface area contributed by atoms with Gasteiger partial charge in [-0.1, -0.05) is 24.5 Å². The molecule has 15 heavy (non-hydrogen) atoms. The third kappa shape index (κ3) is 2.23. The van der Waals surface area contributed by atoms with Crippen LogP contribution in [0.25, 0.3) is 0 Å². The Labute approximate surface area is 98.6 Å². The highest BCUT2D eigenvalue weighted by atomic mass is 79.9. The first-order valence-electron chi connectivity index (χ1n) is 5.44. The van der Waals surface area contributed by atoms with Crippen LogP contribution in [-0.2, 0) is 7.05 Å². The van der Waals surface area contributed by atoms with Gasteiger partial charge in [0.25, 0.3) is 0 Å². The van der Waals surface area contributed by atoms with Gasteiger partial charge in [-0.3, -0.25) is 0 Å². The van der Waals surface area contributed by atoms with Crippen LogP contribution in [0, 0.1) is 5.92 Å². The lowest BCUT2D eigenvalue weighted by Gasteiger charge is -2.29. The lowest BCUT2D eigenvalue weighted by atomic mass is 9.80. The molecule has 1 aromatic heterocycles. The van der Waals surface area contributed by atoms with Gasteiger partial charge >= 0.3 is 0 Å². The zero-order valence-electron chi connectivity index (χ0n) is 9.20. The Hall–Kier alpha value is -0.420. The molecular weight excluding hydrogens is 256 g/mol. The first-order chi connectivity index (χ1) is 7.22. The molecule has 4 nitrogen and oxygen atoms in total. The lowest BCUT2D eigenvalue weighted by molar-refractivity contribution is 0.261. The van der Waals surface area contributed by atoms with Crippen molar-refractivity contribution in [3.8, 4) is 0 Å². The Bertz CT molecular complexity index is 313. The van der Waals surface area contributed by atoms with Crippen molar-refractivity contribution in [3.05, 3.63) is 10.3 Å². The molecule has 1 saturated carbocycles. The number of aromatic nitrogens is 3. The molecule has 1 aliphatic rings. The van der Waals surface area contributed by atoms with Crippen molar-refractivity contribution in [2.75, 3.05) is 7.05 Å². The van der Waals surface area contributed by atoms with Gasteiger partial charge in [-0.2, -0.15) is 0 Å². The average molecular weight is 273 g/mol. The Morgan fingerprint density at radius 2 is 2.33 bits per heavy atom. The number of rotatable bonds is 4. The van der Waals surface area contributed by atoms with Gasteiger partial charge in [-0.25, -0.2) is 4.68 Å². The molecule has 1 unspecified atom stereocenters. The van der Waals surface area contributed by atoms with Crippen LogP contribution in [-0.4, -0.2) is 22.0 Å². The molecule has 0 amide bonds. The number of aryl methyl sites for hydroxylation is 1. The van der Waals surface area contributed by atoms with Crippen molar-refractivity contribution in [1.29, 1.82) is 0 Å². The number of halogens is 1. The molecule has 1 aromatic rings. The molecule has 2 rings (SSSR count). The van der Waals surface area contributed by atoms with Gasteiger partial charge in [0.15, 0.2) is 4.60 Å². The van der Waals surface area contributed by atoms with E-state index in [2.05, 4.69) is 31.6 Å². The zero-order valence-corrected chi connectivity index (χ0v) is 10.8. The predicted molar refractivity (Wildman–Crippen MR) is 62.5 cm³/mol. The molecule has 1 fully saturated rings. The van der Waals surface area contributed by atoms with Crippen LogP contribution in [0.4, 0.5) is 0 Å². The fraction of sp³-hybridized carbons (Fsp3) is 0.800. The van der Waals surface area contributed by atoms with Gasteiger partial charge in [0, 0.05) is 7.05 Å². The van der Waals surface area contributed by atoms with Gasteiger partial charge < -0.3 is 5.32 Å². The van der Waals surface area contributed by atoms with E-state index in [1.807, 2.05) is 18.8 Å². The molecule has 0 saturated heterocycles. The van der Waals surface area contributed by atoms with Crippen LogP contribution in [0.3, 0.4) is 0 Å². The van der Waals surface area contributed by atoms with Gasteiger partial charge in [0.1, 0.15) is 0 Å². The molecule has 1 aliphatic carbocycles. The van der Waals surface area contributed by atoms with Crippen LogP contribution < -0.4 is 5.32 Å². The summed E-state index contributed by atoms with van der Waals surface area (Å²) in [5.74, 6) is 0.879. The molecule has 0 bridgehead atoms. The molecule has 1 N–H and O–H groups in total. The third-order valence-corrected chi connectivity index (χ3v) is 3.86. The summed E-state index contributed by atoms with van der Waals surface area (Å²) in [7, 11) is 3.95. The second-order valence-corrected chi connectivity index (χ2v) is 5.01. The Morgan fingerprint density at radius 1 is 1.60 bits per heavy atom.